The van der Waals surface area contributed by atoms with Gasteiger partial charge in [0.05, 0.1) is 25.4 Å². The van der Waals surface area contributed by atoms with Crippen LogP contribution in [0.15, 0.2) is 42.5 Å². The van der Waals surface area contributed by atoms with Crippen LogP contribution in [0.25, 0.3) is 11.3 Å². The van der Waals surface area contributed by atoms with Crippen molar-refractivity contribution < 1.29 is 24.1 Å². The molecule has 1 amide bonds. The lowest BCUT2D eigenvalue weighted by molar-refractivity contribution is 0.0495. The third kappa shape index (κ3) is 4.34. The lowest BCUT2D eigenvalue weighted by Gasteiger charge is -2.29. The number of nitrogens with zero attached hydrogens (tertiary/aromatic N) is 2. The molecule has 2 aromatic carbocycles. The maximum atomic E-state index is 13.6. The Morgan fingerprint density at radius 1 is 1.17 bits per heavy atom. The highest BCUT2D eigenvalue weighted by Gasteiger charge is 2.44. The summed E-state index contributed by atoms with van der Waals surface area (Å²) in [4.78, 5) is 15.4. The highest BCUT2D eigenvalue weighted by molar-refractivity contribution is 6.00. The predicted molar refractivity (Wildman–Crippen MR) is 131 cm³/mol. The molecule has 0 spiro atoms. The van der Waals surface area contributed by atoms with Crippen LogP contribution in [0.1, 0.15) is 60.8 Å². The predicted octanol–water partition coefficient (Wildman–Crippen LogP) is 4.69. The van der Waals surface area contributed by atoms with E-state index in [1.807, 2.05) is 42.2 Å². The number of fused-ring (bicyclic) bond motifs is 1. The van der Waals surface area contributed by atoms with Gasteiger partial charge < -0.3 is 24.2 Å². The summed E-state index contributed by atoms with van der Waals surface area (Å²) in [5, 5.41) is 18.0. The summed E-state index contributed by atoms with van der Waals surface area (Å²) >= 11 is 0. The third-order valence-corrected chi connectivity index (χ3v) is 6.49. The van der Waals surface area contributed by atoms with E-state index >= 15 is 0 Å². The van der Waals surface area contributed by atoms with Crippen LogP contribution in [0.2, 0.25) is 0 Å². The number of ether oxygens (including phenoxy) is 3. The number of benzene rings is 2. The fourth-order valence-corrected chi connectivity index (χ4v) is 4.91. The third-order valence-electron chi connectivity index (χ3n) is 6.49. The maximum Gasteiger partial charge on any atom is 0.273 e. The summed E-state index contributed by atoms with van der Waals surface area (Å²) in [6.45, 7) is 6.27. The summed E-state index contributed by atoms with van der Waals surface area (Å²) in [6.07, 6.45) is 2.79. The van der Waals surface area contributed by atoms with E-state index in [1.54, 1.807) is 12.1 Å². The molecule has 35 heavy (non-hydrogen) atoms. The quantitative estimate of drug-likeness (QED) is 0.464. The van der Waals surface area contributed by atoms with Gasteiger partial charge in [-0.1, -0.05) is 25.1 Å². The summed E-state index contributed by atoms with van der Waals surface area (Å²) in [5.74, 6) is 1.31. The zero-order valence-corrected chi connectivity index (χ0v) is 20.1. The summed E-state index contributed by atoms with van der Waals surface area (Å²) in [6, 6.07) is 12.5. The molecule has 0 saturated carbocycles. The minimum atomic E-state index is -0.408. The Bertz CT molecular complexity index is 1200. The van der Waals surface area contributed by atoms with Crippen LogP contribution in [-0.4, -0.2) is 58.6 Å². The Hall–Kier alpha value is -3.52. The van der Waals surface area contributed by atoms with Crippen molar-refractivity contribution >= 4 is 5.91 Å². The first-order valence-electron chi connectivity index (χ1n) is 12.3. The minimum absolute atomic E-state index is 0.00878. The molecule has 1 aromatic heterocycles. The number of aromatic hydroxyl groups is 1. The highest BCUT2D eigenvalue weighted by atomic mass is 16.5. The molecule has 3 heterocycles. The van der Waals surface area contributed by atoms with Crippen LogP contribution < -0.4 is 9.47 Å². The van der Waals surface area contributed by atoms with Crippen LogP contribution >= 0.6 is 0 Å². The van der Waals surface area contributed by atoms with Crippen LogP contribution in [0.4, 0.5) is 0 Å². The van der Waals surface area contributed by atoms with E-state index in [2.05, 4.69) is 17.1 Å². The number of hydrogen-bond acceptors (Lipinski definition) is 6. The monoisotopic (exact) mass is 477 g/mol. The molecule has 0 bridgehead atoms. The molecule has 2 N–H and O–H groups in total. The van der Waals surface area contributed by atoms with Crippen LogP contribution in [0, 0.1) is 0 Å². The van der Waals surface area contributed by atoms with Gasteiger partial charge in [0.15, 0.2) is 11.5 Å². The molecular weight excluding hydrogens is 446 g/mol. The molecule has 8 heteroatoms. The number of nitrogens with one attached hydrogen (secondary N) is 1. The second-order valence-electron chi connectivity index (χ2n) is 8.86. The summed E-state index contributed by atoms with van der Waals surface area (Å²) in [5.41, 5.74) is 3.22. The van der Waals surface area contributed by atoms with E-state index < -0.39 is 6.04 Å². The largest absolute Gasteiger partial charge is 0.507 e. The summed E-state index contributed by atoms with van der Waals surface area (Å²) < 4.78 is 17.7. The second-order valence-corrected chi connectivity index (χ2v) is 8.86. The van der Waals surface area contributed by atoms with Gasteiger partial charge in [-0.3, -0.25) is 9.89 Å². The lowest BCUT2D eigenvalue weighted by atomic mass is 9.95. The smallest absolute Gasteiger partial charge is 0.273 e. The first kappa shape index (κ1) is 23.2. The molecule has 2 atom stereocenters. The molecule has 0 unspecified atom stereocenters. The molecule has 1 saturated heterocycles. The number of para-hydroxylation sites is 1. The van der Waals surface area contributed by atoms with Gasteiger partial charge in [0.25, 0.3) is 5.91 Å². The van der Waals surface area contributed by atoms with E-state index in [4.69, 9.17) is 14.2 Å². The van der Waals surface area contributed by atoms with Crippen molar-refractivity contribution in [3.63, 3.8) is 0 Å². The van der Waals surface area contributed by atoms with Crippen molar-refractivity contribution in [3.8, 4) is 28.5 Å². The first-order chi connectivity index (χ1) is 17.1. The maximum absolute atomic E-state index is 13.6. The zero-order chi connectivity index (χ0) is 24.4. The number of hydrogen-bond donors (Lipinski definition) is 2. The molecule has 1 fully saturated rings. The average molecular weight is 478 g/mol. The van der Waals surface area contributed by atoms with Crippen LogP contribution in [0.3, 0.4) is 0 Å². The Morgan fingerprint density at radius 2 is 2.03 bits per heavy atom. The number of aromatic nitrogens is 2. The van der Waals surface area contributed by atoms with E-state index in [9.17, 15) is 9.90 Å². The summed E-state index contributed by atoms with van der Waals surface area (Å²) in [7, 11) is 0. The van der Waals surface area contributed by atoms with Crippen molar-refractivity contribution in [3.05, 3.63) is 59.3 Å². The first-order valence-corrected chi connectivity index (χ1v) is 12.3. The van der Waals surface area contributed by atoms with Crippen molar-refractivity contribution in [1.82, 2.24) is 15.1 Å². The van der Waals surface area contributed by atoms with Gasteiger partial charge in [-0.2, -0.15) is 5.10 Å². The fraction of sp³-hybridized carbons (Fsp3) is 0.407. The second kappa shape index (κ2) is 10.00. The van der Waals surface area contributed by atoms with Crippen molar-refractivity contribution in [2.45, 2.75) is 45.3 Å². The Morgan fingerprint density at radius 3 is 2.77 bits per heavy atom. The number of carbonyl (C=O) groups excluding carboxylic acids is 1. The van der Waals surface area contributed by atoms with Crippen LogP contribution in [0.5, 0.6) is 17.2 Å². The molecule has 8 nitrogen and oxygen atoms in total. The molecule has 0 aliphatic carbocycles. The van der Waals surface area contributed by atoms with E-state index in [0.717, 1.165) is 30.4 Å². The van der Waals surface area contributed by atoms with Gasteiger partial charge in [-0.05, 0) is 56.0 Å². The van der Waals surface area contributed by atoms with Gasteiger partial charge in [0, 0.05) is 24.3 Å². The van der Waals surface area contributed by atoms with E-state index in [1.165, 1.54) is 0 Å². The van der Waals surface area contributed by atoms with Crippen molar-refractivity contribution in [1.29, 1.82) is 0 Å². The molecular formula is C27H31N3O5. The van der Waals surface area contributed by atoms with Gasteiger partial charge in [-0.25, -0.2) is 0 Å². The number of phenolic OH excluding ortho intramolecular Hbond substituents is 1. The SMILES string of the molecule is CCCOc1ccc([C@@H]2c3c(-c4ccccc4O)n[nH]c3C(=O)N2C[C@@H]2CCCO2)cc1OCC. The van der Waals surface area contributed by atoms with Gasteiger partial charge in [0.1, 0.15) is 17.1 Å². The number of carbonyl (C=O) groups is 1. The molecule has 2 aliphatic rings. The molecule has 2 aliphatic heterocycles. The van der Waals surface area contributed by atoms with Gasteiger partial charge in [0.2, 0.25) is 0 Å². The van der Waals surface area contributed by atoms with Gasteiger partial charge in [-0.15, -0.1) is 0 Å². The minimum Gasteiger partial charge on any atom is -0.507 e. The zero-order valence-electron chi connectivity index (χ0n) is 20.1. The average Bonchev–Trinajstić information content (AvgIpc) is 3.59. The standard InChI is InChI=1S/C27H31N3O5/c1-3-13-35-21-12-11-17(15-22(21)33-4-2)26-23-24(19-9-5-6-10-20(19)31)28-29-25(23)27(32)30(26)16-18-8-7-14-34-18/h5-6,9-12,15,18,26,31H,3-4,7-8,13-14,16H2,1-2H3,(H,28,29)/t18-,26+/m0/s1. The number of rotatable bonds is 9. The topological polar surface area (TPSA) is 96.9 Å². The van der Waals surface area contributed by atoms with Gasteiger partial charge >= 0.3 is 0 Å². The van der Waals surface area contributed by atoms with Crippen molar-refractivity contribution in [2.24, 2.45) is 0 Å². The fourth-order valence-electron chi connectivity index (χ4n) is 4.91. The number of amides is 1. The molecule has 3 aromatic rings. The normalized spacial score (nSPS) is 19.3. The van der Waals surface area contributed by atoms with E-state index in [-0.39, 0.29) is 17.8 Å². The lowest BCUT2D eigenvalue weighted by Crippen LogP contribution is -2.36. The molecule has 0 radical (unpaired) electrons. The molecule has 5 rings (SSSR count). The van der Waals surface area contributed by atoms with Crippen molar-refractivity contribution in [2.75, 3.05) is 26.4 Å². The Labute approximate surface area is 204 Å². The number of phenols is 1. The number of aromatic amines is 1. The van der Waals surface area contributed by atoms with E-state index in [0.29, 0.717) is 54.8 Å². The Kier molecular flexibility index (Phi) is 6.63. The number of H-pyrrole nitrogens is 1. The Balaban J connectivity index is 1.62. The molecule has 184 valence electrons. The highest BCUT2D eigenvalue weighted by Crippen LogP contribution is 2.46. The van der Waals surface area contributed by atoms with Crippen LogP contribution in [-0.2, 0) is 4.74 Å².